The van der Waals surface area contributed by atoms with Crippen molar-refractivity contribution >= 4 is 22.8 Å². The van der Waals surface area contributed by atoms with Gasteiger partial charge in [-0.15, -0.1) is 0 Å². The van der Waals surface area contributed by atoms with Crippen LogP contribution in [0.3, 0.4) is 0 Å². The second-order valence-corrected chi connectivity index (χ2v) is 12.0. The van der Waals surface area contributed by atoms with E-state index in [1.165, 1.54) is 11.1 Å². The van der Waals surface area contributed by atoms with Crippen molar-refractivity contribution < 1.29 is 19.0 Å². The number of fused-ring (bicyclic) bond motifs is 4. The van der Waals surface area contributed by atoms with Crippen molar-refractivity contribution in [3.8, 4) is 11.8 Å². The third-order valence-corrected chi connectivity index (χ3v) is 8.10. The molecule has 1 amide bonds. The third kappa shape index (κ3) is 5.14. The Balaban J connectivity index is 1.28. The van der Waals surface area contributed by atoms with E-state index in [1.807, 2.05) is 42.6 Å². The maximum atomic E-state index is 12.6. The molecule has 3 aromatic rings. The molecular weight excluding hydrogens is 496 g/mol. The van der Waals surface area contributed by atoms with E-state index >= 15 is 0 Å². The second kappa shape index (κ2) is 9.97. The Morgan fingerprint density at radius 1 is 1.05 bits per heavy atom. The predicted octanol–water partition coefficient (Wildman–Crippen LogP) is 4.61. The molecule has 4 saturated heterocycles. The van der Waals surface area contributed by atoms with Gasteiger partial charge in [0.2, 0.25) is 0 Å². The number of rotatable bonds is 4. The predicted molar refractivity (Wildman–Crippen MR) is 148 cm³/mol. The van der Waals surface area contributed by atoms with Gasteiger partial charge in [0.05, 0.1) is 37.6 Å². The average molecular weight is 535 g/mol. The van der Waals surface area contributed by atoms with Crippen LogP contribution in [0, 0.1) is 6.92 Å². The minimum absolute atomic E-state index is 0.229. The van der Waals surface area contributed by atoms with Crippen molar-refractivity contribution in [2.24, 2.45) is 0 Å². The number of anilines is 1. The standard InChI is InChI=1S/C29H38N6O4/c1-18-12-20-15-30-35(24(20)13-23(18)19-8-10-33(11-9-19)28(36)39-29(2,3)4)26-14-25(31-27(32-26)37-5)34-16-22-7-6-21(34)17-38-22/h12-15,19,21-22H,6-11,16-17H2,1-5H3. The number of carbonyl (C=O) groups is 1. The van der Waals surface area contributed by atoms with E-state index in [1.54, 1.807) is 7.11 Å². The molecule has 2 aromatic heterocycles. The molecule has 2 atom stereocenters. The van der Waals surface area contributed by atoms with E-state index in [9.17, 15) is 4.79 Å². The number of amides is 1. The van der Waals surface area contributed by atoms with Crippen LogP contribution >= 0.6 is 0 Å². The van der Waals surface area contributed by atoms with Gasteiger partial charge < -0.3 is 24.0 Å². The molecule has 2 unspecified atom stereocenters. The topological polar surface area (TPSA) is 94.8 Å². The lowest BCUT2D eigenvalue weighted by molar-refractivity contribution is -0.0229. The first-order valence-electron chi connectivity index (χ1n) is 14.0. The van der Waals surface area contributed by atoms with Gasteiger partial charge in [0.15, 0.2) is 5.82 Å². The molecule has 4 aliphatic heterocycles. The summed E-state index contributed by atoms with van der Waals surface area (Å²) in [5.41, 5.74) is 3.04. The zero-order valence-electron chi connectivity index (χ0n) is 23.5. The Morgan fingerprint density at radius 3 is 2.46 bits per heavy atom. The summed E-state index contributed by atoms with van der Waals surface area (Å²) in [6, 6.07) is 7.10. The number of likely N-dealkylation sites (tertiary alicyclic amines) is 1. The van der Waals surface area contributed by atoms with E-state index in [2.05, 4.69) is 33.9 Å². The highest BCUT2D eigenvalue weighted by Crippen LogP contribution is 2.35. The van der Waals surface area contributed by atoms with Crippen molar-refractivity contribution in [3.05, 3.63) is 35.5 Å². The molecule has 6 heterocycles. The number of methoxy groups -OCH3 is 1. The molecule has 208 valence electrons. The zero-order valence-corrected chi connectivity index (χ0v) is 23.5. The number of hydrogen-bond acceptors (Lipinski definition) is 8. The molecule has 0 N–H and O–H groups in total. The quantitative estimate of drug-likeness (QED) is 0.479. The minimum Gasteiger partial charge on any atom is -0.467 e. The summed E-state index contributed by atoms with van der Waals surface area (Å²) in [6.45, 7) is 10.8. The normalized spacial score (nSPS) is 22.0. The molecule has 0 aliphatic carbocycles. The Kier molecular flexibility index (Phi) is 6.61. The van der Waals surface area contributed by atoms with Crippen LogP contribution in [0.4, 0.5) is 10.6 Å². The van der Waals surface area contributed by atoms with Crippen LogP contribution in [0.5, 0.6) is 6.01 Å². The number of hydrogen-bond donors (Lipinski definition) is 0. The fourth-order valence-corrected chi connectivity index (χ4v) is 6.10. The molecule has 4 fully saturated rings. The van der Waals surface area contributed by atoms with Gasteiger partial charge in [0, 0.05) is 31.1 Å². The van der Waals surface area contributed by atoms with Crippen molar-refractivity contribution in [1.82, 2.24) is 24.6 Å². The van der Waals surface area contributed by atoms with E-state index < -0.39 is 5.60 Å². The lowest BCUT2D eigenvalue weighted by Gasteiger charge is -2.45. The average Bonchev–Trinajstić information content (AvgIpc) is 3.34. The third-order valence-electron chi connectivity index (χ3n) is 8.10. The summed E-state index contributed by atoms with van der Waals surface area (Å²) in [4.78, 5) is 26.1. The fraction of sp³-hybridized carbons (Fsp3) is 0.586. The van der Waals surface area contributed by atoms with Crippen LogP contribution in [0.2, 0.25) is 0 Å². The van der Waals surface area contributed by atoms with Crippen LogP contribution in [0.25, 0.3) is 16.7 Å². The summed E-state index contributed by atoms with van der Waals surface area (Å²) in [5, 5.41) is 5.79. The number of nitrogens with zero attached hydrogens (tertiary/aromatic N) is 6. The monoisotopic (exact) mass is 534 g/mol. The van der Waals surface area contributed by atoms with E-state index in [0.717, 1.165) is 55.6 Å². The Hall–Kier alpha value is -3.40. The summed E-state index contributed by atoms with van der Waals surface area (Å²) in [5.74, 6) is 1.89. The molecule has 0 radical (unpaired) electrons. The number of aryl methyl sites for hydroxylation is 1. The van der Waals surface area contributed by atoms with Gasteiger partial charge in [-0.2, -0.15) is 15.1 Å². The second-order valence-electron chi connectivity index (χ2n) is 12.0. The Labute approximate surface area is 229 Å². The van der Waals surface area contributed by atoms with Crippen molar-refractivity contribution in [3.63, 3.8) is 0 Å². The SMILES string of the molecule is COc1nc(N2CC3CCC2CO3)cc(-n2ncc3cc(C)c(C4CCN(C(=O)OC(C)(C)C)CC4)cc32)n1. The lowest BCUT2D eigenvalue weighted by Crippen LogP contribution is -2.54. The molecule has 39 heavy (non-hydrogen) atoms. The summed E-state index contributed by atoms with van der Waals surface area (Å²) < 4.78 is 18.9. The zero-order chi connectivity index (χ0) is 27.3. The highest BCUT2D eigenvalue weighted by atomic mass is 16.6. The largest absolute Gasteiger partial charge is 0.467 e. The number of morpholine rings is 1. The molecule has 10 heteroatoms. The molecule has 10 nitrogen and oxygen atoms in total. The van der Waals surface area contributed by atoms with Gasteiger partial charge in [0.25, 0.3) is 0 Å². The molecule has 7 rings (SSSR count). The highest BCUT2D eigenvalue weighted by molar-refractivity contribution is 5.82. The Morgan fingerprint density at radius 2 is 1.82 bits per heavy atom. The number of carbonyl (C=O) groups excluding carboxylic acids is 1. The van der Waals surface area contributed by atoms with Gasteiger partial charge in [-0.05, 0) is 82.6 Å². The summed E-state index contributed by atoms with van der Waals surface area (Å²) in [6.07, 6.45) is 5.90. The molecule has 0 spiro atoms. The molecule has 0 saturated carbocycles. The van der Waals surface area contributed by atoms with Crippen molar-refractivity contribution in [2.45, 2.75) is 77.0 Å². The molecule has 4 aliphatic rings. The first-order valence-corrected chi connectivity index (χ1v) is 14.0. The van der Waals surface area contributed by atoms with Crippen molar-refractivity contribution in [1.29, 1.82) is 0 Å². The van der Waals surface area contributed by atoms with Crippen LogP contribution in [-0.2, 0) is 9.47 Å². The minimum atomic E-state index is -0.487. The van der Waals surface area contributed by atoms with Gasteiger partial charge in [-0.3, -0.25) is 0 Å². The van der Waals surface area contributed by atoms with Crippen LogP contribution < -0.4 is 9.64 Å². The van der Waals surface area contributed by atoms with E-state index in [-0.39, 0.29) is 12.2 Å². The molecule has 1 aromatic carbocycles. The first kappa shape index (κ1) is 25.9. The first-order chi connectivity index (χ1) is 18.7. The van der Waals surface area contributed by atoms with Gasteiger partial charge in [-0.25, -0.2) is 9.48 Å². The summed E-state index contributed by atoms with van der Waals surface area (Å²) >= 11 is 0. The van der Waals surface area contributed by atoms with Gasteiger partial charge >= 0.3 is 12.1 Å². The van der Waals surface area contributed by atoms with Crippen LogP contribution in [-0.4, -0.2) is 81.8 Å². The van der Waals surface area contributed by atoms with Crippen LogP contribution in [0.1, 0.15) is 63.5 Å². The van der Waals surface area contributed by atoms with E-state index in [0.29, 0.717) is 36.9 Å². The molecular formula is C29H38N6O4. The lowest BCUT2D eigenvalue weighted by atomic mass is 9.86. The maximum absolute atomic E-state index is 12.6. The van der Waals surface area contributed by atoms with E-state index in [4.69, 9.17) is 19.3 Å². The molecule has 2 bridgehead atoms. The van der Waals surface area contributed by atoms with Crippen LogP contribution in [0.15, 0.2) is 24.4 Å². The fourth-order valence-electron chi connectivity index (χ4n) is 6.10. The maximum Gasteiger partial charge on any atom is 0.410 e. The summed E-state index contributed by atoms with van der Waals surface area (Å²) in [7, 11) is 1.60. The number of benzene rings is 1. The van der Waals surface area contributed by atoms with Gasteiger partial charge in [-0.1, -0.05) is 0 Å². The van der Waals surface area contributed by atoms with Gasteiger partial charge in [0.1, 0.15) is 11.4 Å². The van der Waals surface area contributed by atoms with Crippen molar-refractivity contribution in [2.75, 3.05) is 38.3 Å². The highest BCUT2D eigenvalue weighted by Gasteiger charge is 2.36. The number of ether oxygens (including phenoxy) is 3. The Bertz CT molecular complexity index is 1370. The smallest absolute Gasteiger partial charge is 0.410 e. The number of piperidine rings is 2. The number of aromatic nitrogens is 4.